The van der Waals surface area contributed by atoms with E-state index in [9.17, 15) is 0 Å². The molecule has 1 N–H and O–H groups in total. The molecule has 3 nitrogen and oxygen atoms in total. The number of rotatable bonds is 2. The molecule has 0 saturated carbocycles. The second kappa shape index (κ2) is 5.48. The van der Waals surface area contributed by atoms with Crippen LogP contribution < -0.4 is 5.32 Å². The van der Waals surface area contributed by atoms with Gasteiger partial charge in [-0.15, -0.1) is 0 Å². The van der Waals surface area contributed by atoms with Gasteiger partial charge in [0.2, 0.25) is 0 Å². The Labute approximate surface area is 100 Å². The zero-order valence-corrected chi connectivity index (χ0v) is 11.1. The van der Waals surface area contributed by atoms with Gasteiger partial charge in [-0.05, 0) is 58.9 Å². The third-order valence-corrected chi connectivity index (χ3v) is 4.57. The van der Waals surface area contributed by atoms with Crippen LogP contribution in [-0.2, 0) is 0 Å². The smallest absolute Gasteiger partial charge is 0.0246 e. The van der Waals surface area contributed by atoms with Crippen molar-refractivity contribution in [2.75, 3.05) is 40.3 Å². The molecule has 2 atom stereocenters. The molecular weight excluding hydrogens is 198 g/mol. The van der Waals surface area contributed by atoms with Crippen molar-refractivity contribution in [3.05, 3.63) is 0 Å². The van der Waals surface area contributed by atoms with E-state index in [4.69, 9.17) is 0 Å². The average Bonchev–Trinajstić information content (AvgIpc) is 2.30. The summed E-state index contributed by atoms with van der Waals surface area (Å²) in [6, 6.07) is 1.56. The highest BCUT2D eigenvalue weighted by Crippen LogP contribution is 2.22. The van der Waals surface area contributed by atoms with Crippen LogP contribution in [-0.4, -0.2) is 62.2 Å². The molecule has 0 radical (unpaired) electrons. The maximum absolute atomic E-state index is 3.54. The van der Waals surface area contributed by atoms with E-state index in [1.165, 1.54) is 45.4 Å². The Hall–Kier alpha value is -0.120. The molecule has 2 fully saturated rings. The normalized spacial score (nSPS) is 34.5. The second-order valence-corrected chi connectivity index (χ2v) is 5.74. The van der Waals surface area contributed by atoms with E-state index in [0.717, 1.165) is 18.0 Å². The van der Waals surface area contributed by atoms with E-state index in [-0.39, 0.29) is 0 Å². The Kier molecular flexibility index (Phi) is 4.22. The predicted molar refractivity (Wildman–Crippen MR) is 68.7 cm³/mol. The van der Waals surface area contributed by atoms with Crippen molar-refractivity contribution >= 4 is 0 Å². The van der Waals surface area contributed by atoms with E-state index in [1.54, 1.807) is 0 Å². The molecule has 0 aromatic heterocycles. The van der Waals surface area contributed by atoms with Crippen molar-refractivity contribution < 1.29 is 0 Å². The second-order valence-electron chi connectivity index (χ2n) is 5.74. The first kappa shape index (κ1) is 12.3. The van der Waals surface area contributed by atoms with Crippen molar-refractivity contribution in [1.29, 1.82) is 0 Å². The number of nitrogens with zero attached hydrogens (tertiary/aromatic N) is 2. The summed E-state index contributed by atoms with van der Waals surface area (Å²) in [6.07, 6.45) is 4.02. The third kappa shape index (κ3) is 2.76. The summed E-state index contributed by atoms with van der Waals surface area (Å²) in [6.45, 7) is 7.34. The fourth-order valence-corrected chi connectivity index (χ4v) is 3.19. The van der Waals surface area contributed by atoms with Crippen molar-refractivity contribution in [3.63, 3.8) is 0 Å². The fraction of sp³-hybridized carbons (Fsp3) is 1.00. The molecule has 2 saturated heterocycles. The van der Waals surface area contributed by atoms with Crippen molar-refractivity contribution in [1.82, 2.24) is 15.1 Å². The van der Waals surface area contributed by atoms with Gasteiger partial charge in [0.1, 0.15) is 0 Å². The first-order valence-corrected chi connectivity index (χ1v) is 6.79. The van der Waals surface area contributed by atoms with Gasteiger partial charge in [-0.25, -0.2) is 0 Å². The number of likely N-dealkylation sites (N-methyl/N-ethyl adjacent to an activating group) is 1. The Morgan fingerprint density at radius 3 is 2.50 bits per heavy atom. The summed E-state index contributed by atoms with van der Waals surface area (Å²) < 4.78 is 0. The molecular formula is C13H27N3. The van der Waals surface area contributed by atoms with Gasteiger partial charge in [0.15, 0.2) is 0 Å². The molecule has 2 aliphatic heterocycles. The van der Waals surface area contributed by atoms with Gasteiger partial charge in [0.05, 0.1) is 0 Å². The van der Waals surface area contributed by atoms with Crippen LogP contribution in [0.15, 0.2) is 0 Å². The number of likely N-dealkylation sites (tertiary alicyclic amines) is 1. The van der Waals surface area contributed by atoms with Crippen LogP contribution in [0.3, 0.4) is 0 Å². The van der Waals surface area contributed by atoms with Gasteiger partial charge in [0.25, 0.3) is 0 Å². The highest BCUT2D eigenvalue weighted by atomic mass is 15.2. The topological polar surface area (TPSA) is 18.5 Å². The van der Waals surface area contributed by atoms with E-state index in [2.05, 4.69) is 36.1 Å². The summed E-state index contributed by atoms with van der Waals surface area (Å²) in [5.41, 5.74) is 0. The standard InChI is InChI=1S/C13H27N3/c1-11-4-7-14-10-13(11)16(3)12-5-8-15(2)9-6-12/h11-14H,4-10H2,1-3H3. The number of piperidine rings is 2. The molecule has 0 aliphatic carbocycles. The van der Waals surface area contributed by atoms with E-state index >= 15 is 0 Å². The van der Waals surface area contributed by atoms with E-state index < -0.39 is 0 Å². The van der Waals surface area contributed by atoms with Gasteiger partial charge >= 0.3 is 0 Å². The van der Waals surface area contributed by atoms with Gasteiger partial charge in [0, 0.05) is 18.6 Å². The summed E-state index contributed by atoms with van der Waals surface area (Å²) in [5, 5.41) is 3.54. The highest BCUT2D eigenvalue weighted by molar-refractivity contribution is 4.87. The minimum Gasteiger partial charge on any atom is -0.315 e. The molecule has 3 heteroatoms. The molecule has 16 heavy (non-hydrogen) atoms. The SMILES string of the molecule is CC1CCNCC1N(C)C1CCN(C)CC1. The van der Waals surface area contributed by atoms with Crippen LogP contribution in [0.2, 0.25) is 0 Å². The molecule has 2 unspecified atom stereocenters. The zero-order valence-electron chi connectivity index (χ0n) is 11.1. The van der Waals surface area contributed by atoms with Crippen molar-refractivity contribution in [2.45, 2.75) is 38.3 Å². The molecule has 0 spiro atoms. The van der Waals surface area contributed by atoms with Crippen LogP contribution in [0.4, 0.5) is 0 Å². The average molecular weight is 225 g/mol. The molecule has 0 aromatic rings. The monoisotopic (exact) mass is 225 g/mol. The lowest BCUT2D eigenvalue weighted by Crippen LogP contribution is -2.54. The molecule has 0 amide bonds. The predicted octanol–water partition coefficient (Wildman–Crippen LogP) is 1.01. The van der Waals surface area contributed by atoms with Crippen LogP contribution in [0, 0.1) is 5.92 Å². The molecule has 2 rings (SSSR count). The quantitative estimate of drug-likeness (QED) is 0.757. The lowest BCUT2D eigenvalue weighted by molar-refractivity contribution is 0.0691. The minimum atomic E-state index is 0.752. The number of hydrogen-bond donors (Lipinski definition) is 1. The summed E-state index contributed by atoms with van der Waals surface area (Å²) in [7, 11) is 4.57. The van der Waals surface area contributed by atoms with E-state index in [1.807, 2.05) is 0 Å². The summed E-state index contributed by atoms with van der Waals surface area (Å²) in [4.78, 5) is 5.11. The third-order valence-electron chi connectivity index (χ3n) is 4.57. The maximum Gasteiger partial charge on any atom is 0.0246 e. The maximum atomic E-state index is 3.54. The minimum absolute atomic E-state index is 0.752. The van der Waals surface area contributed by atoms with Crippen LogP contribution in [0.1, 0.15) is 26.2 Å². The summed E-state index contributed by atoms with van der Waals surface area (Å²) in [5.74, 6) is 0.853. The zero-order chi connectivity index (χ0) is 11.5. The molecule has 94 valence electrons. The molecule has 2 heterocycles. The Morgan fingerprint density at radius 1 is 1.19 bits per heavy atom. The highest BCUT2D eigenvalue weighted by Gasteiger charge is 2.30. The van der Waals surface area contributed by atoms with Crippen LogP contribution in [0.5, 0.6) is 0 Å². The lowest BCUT2D eigenvalue weighted by Gasteiger charge is -2.43. The lowest BCUT2D eigenvalue weighted by atomic mass is 9.91. The Morgan fingerprint density at radius 2 is 1.88 bits per heavy atom. The van der Waals surface area contributed by atoms with Crippen molar-refractivity contribution in [2.24, 2.45) is 5.92 Å². The van der Waals surface area contributed by atoms with Gasteiger partial charge < -0.3 is 10.2 Å². The van der Waals surface area contributed by atoms with Gasteiger partial charge in [-0.3, -0.25) is 4.90 Å². The van der Waals surface area contributed by atoms with E-state index in [0.29, 0.717) is 0 Å². The van der Waals surface area contributed by atoms with Gasteiger partial charge in [-0.1, -0.05) is 6.92 Å². The fourth-order valence-electron chi connectivity index (χ4n) is 3.19. The molecule has 0 bridgehead atoms. The van der Waals surface area contributed by atoms with Crippen LogP contribution >= 0.6 is 0 Å². The Bertz CT molecular complexity index is 211. The molecule has 0 aromatic carbocycles. The number of nitrogens with one attached hydrogen (secondary N) is 1. The number of hydrogen-bond acceptors (Lipinski definition) is 3. The van der Waals surface area contributed by atoms with Gasteiger partial charge in [-0.2, -0.15) is 0 Å². The largest absolute Gasteiger partial charge is 0.315 e. The molecule has 2 aliphatic rings. The Balaban J connectivity index is 1.88. The van der Waals surface area contributed by atoms with Crippen LogP contribution in [0.25, 0.3) is 0 Å². The first-order chi connectivity index (χ1) is 7.68. The van der Waals surface area contributed by atoms with Crippen molar-refractivity contribution in [3.8, 4) is 0 Å². The summed E-state index contributed by atoms with van der Waals surface area (Å²) >= 11 is 0. The first-order valence-electron chi connectivity index (χ1n) is 6.79.